The Morgan fingerprint density at radius 2 is 1.88 bits per heavy atom. The first-order valence-corrected chi connectivity index (χ1v) is 6.18. The van der Waals surface area contributed by atoms with E-state index in [0.29, 0.717) is 5.69 Å². The number of hydrogen-bond donors (Lipinski definition) is 2. The molecule has 0 saturated heterocycles. The van der Waals surface area contributed by atoms with E-state index in [1.54, 1.807) is 6.20 Å². The van der Waals surface area contributed by atoms with Crippen molar-refractivity contribution in [3.8, 4) is 0 Å². The number of nitrogens with one attached hydrogen (secondary N) is 1. The van der Waals surface area contributed by atoms with Gasteiger partial charge in [-0.05, 0) is 36.8 Å². The van der Waals surface area contributed by atoms with Crippen LogP contribution < -0.4 is 11.1 Å². The van der Waals surface area contributed by atoms with Crippen LogP contribution in [0.15, 0.2) is 47.1 Å². The highest BCUT2D eigenvalue weighted by Gasteiger charge is 2.05. The number of nitrogen functional groups attached to an aromatic ring is 1. The Balaban J connectivity index is 2.08. The maximum atomic E-state index is 5.59. The quantitative estimate of drug-likeness (QED) is 0.908. The van der Waals surface area contributed by atoms with E-state index in [1.165, 1.54) is 5.56 Å². The van der Waals surface area contributed by atoms with E-state index in [9.17, 15) is 0 Å². The fourth-order valence-electron chi connectivity index (χ4n) is 1.55. The molecule has 0 aliphatic rings. The topological polar surface area (TPSA) is 50.9 Å². The van der Waals surface area contributed by atoms with Gasteiger partial charge in [-0.1, -0.05) is 28.1 Å². The Morgan fingerprint density at radius 3 is 2.47 bits per heavy atom. The first-order chi connectivity index (χ1) is 8.15. The highest BCUT2D eigenvalue weighted by molar-refractivity contribution is 9.10. The second-order valence-electron chi connectivity index (χ2n) is 3.89. The number of halogens is 1. The summed E-state index contributed by atoms with van der Waals surface area (Å²) in [6.07, 6.45) is 1.65. The van der Waals surface area contributed by atoms with Crippen molar-refractivity contribution >= 4 is 27.4 Å². The number of aromatic nitrogens is 1. The van der Waals surface area contributed by atoms with E-state index < -0.39 is 0 Å². The van der Waals surface area contributed by atoms with Gasteiger partial charge in [0.1, 0.15) is 5.82 Å². The van der Waals surface area contributed by atoms with Crippen molar-refractivity contribution in [2.75, 3.05) is 11.1 Å². The molecule has 88 valence electrons. The van der Waals surface area contributed by atoms with Crippen molar-refractivity contribution in [1.29, 1.82) is 0 Å². The lowest BCUT2D eigenvalue weighted by Crippen LogP contribution is -2.07. The summed E-state index contributed by atoms with van der Waals surface area (Å²) < 4.78 is 1.08. The number of nitrogens with two attached hydrogens (primary N) is 1. The van der Waals surface area contributed by atoms with E-state index in [4.69, 9.17) is 5.73 Å². The third-order valence-corrected chi connectivity index (χ3v) is 3.05. The molecule has 2 rings (SSSR count). The third-order valence-electron chi connectivity index (χ3n) is 2.52. The van der Waals surface area contributed by atoms with Crippen molar-refractivity contribution < 1.29 is 0 Å². The highest BCUT2D eigenvalue weighted by Crippen LogP contribution is 2.20. The van der Waals surface area contributed by atoms with E-state index >= 15 is 0 Å². The van der Waals surface area contributed by atoms with Crippen LogP contribution in [0.3, 0.4) is 0 Å². The minimum Gasteiger partial charge on any atom is -0.397 e. The van der Waals surface area contributed by atoms with Crippen LogP contribution in [-0.2, 0) is 0 Å². The summed E-state index contributed by atoms with van der Waals surface area (Å²) in [5.74, 6) is 0.828. The molecule has 2 aromatic rings. The molecule has 0 aliphatic carbocycles. The third kappa shape index (κ3) is 3.20. The van der Waals surface area contributed by atoms with Crippen molar-refractivity contribution in [2.45, 2.75) is 13.0 Å². The molecule has 0 aliphatic heterocycles. The highest BCUT2D eigenvalue weighted by atomic mass is 79.9. The van der Waals surface area contributed by atoms with Crippen molar-refractivity contribution in [3.63, 3.8) is 0 Å². The standard InChI is InChI=1S/C13H14BrN3/c1-9(10-2-4-11(14)5-3-10)17-13-7-6-12(15)8-16-13/h2-9H,15H2,1H3,(H,16,17). The Hall–Kier alpha value is -1.55. The zero-order valence-electron chi connectivity index (χ0n) is 9.52. The van der Waals surface area contributed by atoms with Crippen LogP contribution in [0.4, 0.5) is 11.5 Å². The molecular weight excluding hydrogens is 278 g/mol. The molecule has 1 unspecified atom stereocenters. The van der Waals surface area contributed by atoms with Gasteiger partial charge in [-0.3, -0.25) is 0 Å². The fourth-order valence-corrected chi connectivity index (χ4v) is 1.81. The van der Waals surface area contributed by atoms with Crippen molar-refractivity contribution in [2.24, 2.45) is 0 Å². The minimum absolute atomic E-state index is 0.208. The molecule has 17 heavy (non-hydrogen) atoms. The SMILES string of the molecule is CC(Nc1ccc(N)cn1)c1ccc(Br)cc1. The predicted octanol–water partition coefficient (Wildman–Crippen LogP) is 3.60. The Kier molecular flexibility index (Phi) is 3.64. The molecule has 1 aromatic heterocycles. The number of anilines is 2. The summed E-state index contributed by atoms with van der Waals surface area (Å²) in [6, 6.07) is 12.2. The van der Waals surface area contributed by atoms with Crippen LogP contribution in [-0.4, -0.2) is 4.98 Å². The van der Waals surface area contributed by atoms with Crippen molar-refractivity contribution in [3.05, 3.63) is 52.6 Å². The van der Waals surface area contributed by atoms with Gasteiger partial charge in [-0.15, -0.1) is 0 Å². The fraction of sp³-hybridized carbons (Fsp3) is 0.154. The van der Waals surface area contributed by atoms with Crippen molar-refractivity contribution in [1.82, 2.24) is 4.98 Å². The summed E-state index contributed by atoms with van der Waals surface area (Å²) in [4.78, 5) is 4.22. The molecule has 3 N–H and O–H groups in total. The van der Waals surface area contributed by atoms with Gasteiger partial charge >= 0.3 is 0 Å². The lowest BCUT2D eigenvalue weighted by atomic mass is 10.1. The predicted molar refractivity (Wildman–Crippen MR) is 74.8 cm³/mol. The maximum absolute atomic E-state index is 5.59. The van der Waals surface area contributed by atoms with Crippen LogP contribution in [0.5, 0.6) is 0 Å². The average molecular weight is 292 g/mol. The van der Waals surface area contributed by atoms with Crippen LogP contribution in [0.25, 0.3) is 0 Å². The molecule has 0 radical (unpaired) electrons. The zero-order valence-corrected chi connectivity index (χ0v) is 11.1. The van der Waals surface area contributed by atoms with Gasteiger partial charge < -0.3 is 11.1 Å². The number of benzene rings is 1. The smallest absolute Gasteiger partial charge is 0.126 e. The van der Waals surface area contributed by atoms with Gasteiger partial charge in [-0.25, -0.2) is 4.98 Å². The van der Waals surface area contributed by atoms with Gasteiger partial charge in [0.25, 0.3) is 0 Å². The normalized spacial score (nSPS) is 12.1. The number of nitrogens with zero attached hydrogens (tertiary/aromatic N) is 1. The van der Waals surface area contributed by atoms with Gasteiger partial charge in [-0.2, -0.15) is 0 Å². The first kappa shape index (κ1) is 11.9. The lowest BCUT2D eigenvalue weighted by molar-refractivity contribution is 0.874. The maximum Gasteiger partial charge on any atom is 0.126 e. The molecule has 0 spiro atoms. The molecular formula is C13H14BrN3. The molecule has 0 saturated carbocycles. The average Bonchev–Trinajstić information content (AvgIpc) is 2.33. The zero-order chi connectivity index (χ0) is 12.3. The van der Waals surface area contributed by atoms with Crippen LogP contribution in [0.1, 0.15) is 18.5 Å². The number of rotatable bonds is 3. The molecule has 1 heterocycles. The summed E-state index contributed by atoms with van der Waals surface area (Å²) in [6.45, 7) is 2.10. The van der Waals surface area contributed by atoms with Gasteiger partial charge in [0.15, 0.2) is 0 Å². The molecule has 0 amide bonds. The second-order valence-corrected chi connectivity index (χ2v) is 4.81. The van der Waals surface area contributed by atoms with E-state index in [2.05, 4.69) is 45.3 Å². The first-order valence-electron chi connectivity index (χ1n) is 5.38. The Labute approximate surface area is 109 Å². The molecule has 1 atom stereocenters. The summed E-state index contributed by atoms with van der Waals surface area (Å²) in [5.41, 5.74) is 7.48. The van der Waals surface area contributed by atoms with E-state index in [1.807, 2.05) is 24.3 Å². The number of hydrogen-bond acceptors (Lipinski definition) is 3. The summed E-state index contributed by atoms with van der Waals surface area (Å²) in [7, 11) is 0. The van der Waals surface area contributed by atoms with Crippen LogP contribution in [0.2, 0.25) is 0 Å². The molecule has 0 bridgehead atoms. The number of pyridine rings is 1. The molecule has 4 heteroatoms. The Morgan fingerprint density at radius 1 is 1.18 bits per heavy atom. The molecule has 3 nitrogen and oxygen atoms in total. The Bertz CT molecular complexity index is 479. The molecule has 1 aromatic carbocycles. The van der Waals surface area contributed by atoms with E-state index in [-0.39, 0.29) is 6.04 Å². The second kappa shape index (κ2) is 5.19. The van der Waals surface area contributed by atoms with Crippen LogP contribution in [0, 0.1) is 0 Å². The lowest BCUT2D eigenvalue weighted by Gasteiger charge is -2.15. The van der Waals surface area contributed by atoms with Gasteiger partial charge in [0, 0.05) is 10.5 Å². The summed E-state index contributed by atoms with van der Waals surface area (Å²) in [5, 5.41) is 3.32. The molecule has 0 fully saturated rings. The van der Waals surface area contributed by atoms with E-state index in [0.717, 1.165) is 10.3 Å². The largest absolute Gasteiger partial charge is 0.397 e. The summed E-state index contributed by atoms with van der Waals surface area (Å²) >= 11 is 3.42. The van der Waals surface area contributed by atoms with Gasteiger partial charge in [0.05, 0.1) is 11.9 Å². The monoisotopic (exact) mass is 291 g/mol. The van der Waals surface area contributed by atoms with Gasteiger partial charge in [0.2, 0.25) is 0 Å². The van der Waals surface area contributed by atoms with Crippen LogP contribution >= 0.6 is 15.9 Å². The minimum atomic E-state index is 0.208.